The van der Waals surface area contributed by atoms with Gasteiger partial charge in [-0.15, -0.1) is 11.3 Å². The smallest absolute Gasteiger partial charge is 0.217 e. The van der Waals surface area contributed by atoms with E-state index in [0.717, 1.165) is 21.5 Å². The van der Waals surface area contributed by atoms with E-state index in [1.54, 1.807) is 11.3 Å². The molecule has 0 aliphatic carbocycles. The van der Waals surface area contributed by atoms with Crippen LogP contribution >= 0.6 is 22.9 Å². The van der Waals surface area contributed by atoms with Crippen molar-refractivity contribution in [2.24, 2.45) is 0 Å². The van der Waals surface area contributed by atoms with E-state index >= 15 is 0 Å². The molecule has 0 fully saturated rings. The lowest BCUT2D eigenvalue weighted by Gasteiger charge is -2.04. The SMILES string of the molecule is Cc1sc2nc(Cl)nc(-c3ccccc3)c2c1C. The zero-order chi connectivity index (χ0) is 12.7. The lowest BCUT2D eigenvalue weighted by atomic mass is 10.1. The molecule has 0 amide bonds. The number of thiophene rings is 1. The van der Waals surface area contributed by atoms with Gasteiger partial charge >= 0.3 is 0 Å². The first kappa shape index (κ1) is 11.6. The van der Waals surface area contributed by atoms with Crippen molar-refractivity contribution in [3.05, 3.63) is 46.1 Å². The first-order chi connectivity index (χ1) is 8.66. The maximum Gasteiger partial charge on any atom is 0.224 e. The maximum absolute atomic E-state index is 6.02. The van der Waals surface area contributed by atoms with Crippen molar-refractivity contribution in [1.82, 2.24) is 9.97 Å². The third-order valence-corrected chi connectivity index (χ3v) is 4.32. The van der Waals surface area contributed by atoms with Crippen LogP contribution < -0.4 is 0 Å². The van der Waals surface area contributed by atoms with Crippen molar-refractivity contribution >= 4 is 33.2 Å². The van der Waals surface area contributed by atoms with Gasteiger partial charge in [0.2, 0.25) is 5.28 Å². The number of nitrogens with zero attached hydrogens (tertiary/aromatic N) is 2. The van der Waals surface area contributed by atoms with Gasteiger partial charge in [-0.05, 0) is 31.0 Å². The molecule has 0 N–H and O–H groups in total. The zero-order valence-corrected chi connectivity index (χ0v) is 11.6. The summed E-state index contributed by atoms with van der Waals surface area (Å²) in [5.41, 5.74) is 3.24. The number of benzene rings is 1. The van der Waals surface area contributed by atoms with Crippen LogP contribution in [0, 0.1) is 13.8 Å². The van der Waals surface area contributed by atoms with Gasteiger partial charge in [0.1, 0.15) is 4.83 Å². The normalized spacial score (nSPS) is 11.1. The number of hydrogen-bond acceptors (Lipinski definition) is 3. The lowest BCUT2D eigenvalue weighted by Crippen LogP contribution is -1.89. The molecule has 3 rings (SSSR count). The van der Waals surface area contributed by atoms with Gasteiger partial charge in [-0.25, -0.2) is 9.97 Å². The molecule has 0 spiro atoms. The van der Waals surface area contributed by atoms with Crippen LogP contribution in [0.5, 0.6) is 0 Å². The van der Waals surface area contributed by atoms with E-state index < -0.39 is 0 Å². The average molecular weight is 275 g/mol. The summed E-state index contributed by atoms with van der Waals surface area (Å²) < 4.78 is 0. The highest BCUT2D eigenvalue weighted by Gasteiger charge is 2.14. The molecule has 0 unspecified atom stereocenters. The highest BCUT2D eigenvalue weighted by Crippen LogP contribution is 2.35. The minimum absolute atomic E-state index is 0.308. The summed E-state index contributed by atoms with van der Waals surface area (Å²) in [5, 5.41) is 1.43. The molecule has 0 atom stereocenters. The van der Waals surface area contributed by atoms with E-state index in [1.807, 2.05) is 30.3 Å². The predicted molar refractivity (Wildman–Crippen MR) is 77.3 cm³/mol. The fraction of sp³-hybridized carbons (Fsp3) is 0.143. The highest BCUT2D eigenvalue weighted by atomic mass is 35.5. The second-order valence-electron chi connectivity index (χ2n) is 4.17. The highest BCUT2D eigenvalue weighted by molar-refractivity contribution is 7.18. The van der Waals surface area contributed by atoms with Crippen LogP contribution in [0.25, 0.3) is 21.5 Å². The van der Waals surface area contributed by atoms with Gasteiger partial charge in [0.25, 0.3) is 0 Å². The van der Waals surface area contributed by atoms with Crippen LogP contribution in [0.4, 0.5) is 0 Å². The monoisotopic (exact) mass is 274 g/mol. The van der Waals surface area contributed by atoms with Crippen molar-refractivity contribution in [2.75, 3.05) is 0 Å². The van der Waals surface area contributed by atoms with Crippen molar-refractivity contribution in [1.29, 1.82) is 0 Å². The molecule has 0 bridgehead atoms. The maximum atomic E-state index is 6.02. The summed E-state index contributed by atoms with van der Waals surface area (Å²) in [6, 6.07) is 10.1. The third kappa shape index (κ3) is 1.80. The van der Waals surface area contributed by atoms with Crippen LogP contribution in [-0.4, -0.2) is 9.97 Å². The molecule has 1 aromatic carbocycles. The number of hydrogen-bond donors (Lipinski definition) is 0. The molecule has 4 heteroatoms. The molecule has 0 aliphatic heterocycles. The summed E-state index contributed by atoms with van der Waals surface area (Å²) >= 11 is 7.69. The number of halogens is 1. The number of aryl methyl sites for hydroxylation is 2. The van der Waals surface area contributed by atoms with Gasteiger partial charge in [-0.1, -0.05) is 30.3 Å². The second-order valence-corrected chi connectivity index (χ2v) is 5.71. The summed E-state index contributed by atoms with van der Waals surface area (Å²) in [7, 11) is 0. The minimum atomic E-state index is 0.308. The standard InChI is InChI=1S/C14H11ClN2S/c1-8-9(2)18-13-11(8)12(16-14(15)17-13)10-6-4-3-5-7-10/h3-7H,1-2H3. The molecule has 18 heavy (non-hydrogen) atoms. The molecule has 2 aromatic heterocycles. The van der Waals surface area contributed by atoms with E-state index in [9.17, 15) is 0 Å². The van der Waals surface area contributed by atoms with E-state index in [-0.39, 0.29) is 0 Å². The third-order valence-electron chi connectivity index (χ3n) is 3.05. The van der Waals surface area contributed by atoms with Crippen molar-refractivity contribution < 1.29 is 0 Å². The van der Waals surface area contributed by atoms with Crippen LogP contribution in [0.1, 0.15) is 10.4 Å². The molecule has 0 saturated heterocycles. The van der Waals surface area contributed by atoms with Crippen molar-refractivity contribution in [2.45, 2.75) is 13.8 Å². The van der Waals surface area contributed by atoms with Gasteiger partial charge in [-0.3, -0.25) is 0 Å². The fourth-order valence-corrected chi connectivity index (χ4v) is 3.28. The van der Waals surface area contributed by atoms with E-state index in [0.29, 0.717) is 5.28 Å². The van der Waals surface area contributed by atoms with E-state index in [1.165, 1.54) is 10.4 Å². The Morgan fingerprint density at radius 3 is 2.50 bits per heavy atom. The zero-order valence-electron chi connectivity index (χ0n) is 10.1. The van der Waals surface area contributed by atoms with Crippen LogP contribution in [0.15, 0.2) is 30.3 Å². The van der Waals surface area contributed by atoms with Gasteiger partial charge in [0.05, 0.1) is 5.69 Å². The molecule has 0 aliphatic rings. The van der Waals surface area contributed by atoms with Crippen LogP contribution in [0.2, 0.25) is 5.28 Å². The molecule has 2 heterocycles. The van der Waals surface area contributed by atoms with Crippen LogP contribution in [-0.2, 0) is 0 Å². The Morgan fingerprint density at radius 2 is 1.78 bits per heavy atom. The Bertz CT molecular complexity index is 719. The van der Waals surface area contributed by atoms with E-state index in [4.69, 9.17) is 11.6 Å². The van der Waals surface area contributed by atoms with Crippen molar-refractivity contribution in [3.63, 3.8) is 0 Å². The Kier molecular flexibility index (Phi) is 2.80. The first-order valence-electron chi connectivity index (χ1n) is 5.65. The summed E-state index contributed by atoms with van der Waals surface area (Å²) in [6.07, 6.45) is 0. The molecule has 90 valence electrons. The molecule has 3 aromatic rings. The quantitative estimate of drug-likeness (QED) is 0.605. The van der Waals surface area contributed by atoms with Crippen molar-refractivity contribution in [3.8, 4) is 11.3 Å². The van der Waals surface area contributed by atoms with E-state index in [2.05, 4.69) is 23.8 Å². The molecular weight excluding hydrogens is 264 g/mol. The Labute approximate surface area is 114 Å². The molecule has 2 nitrogen and oxygen atoms in total. The first-order valence-corrected chi connectivity index (χ1v) is 6.85. The summed E-state index contributed by atoms with van der Waals surface area (Å²) in [5.74, 6) is 0. The fourth-order valence-electron chi connectivity index (χ4n) is 2.03. The topological polar surface area (TPSA) is 25.8 Å². The lowest BCUT2D eigenvalue weighted by molar-refractivity contribution is 1.23. The Balaban J connectivity index is 2.41. The van der Waals surface area contributed by atoms with Gasteiger partial charge in [0, 0.05) is 15.8 Å². The number of rotatable bonds is 1. The van der Waals surface area contributed by atoms with Gasteiger partial charge in [-0.2, -0.15) is 0 Å². The Hall–Kier alpha value is -1.45. The second kappa shape index (κ2) is 4.34. The summed E-state index contributed by atoms with van der Waals surface area (Å²) in [6.45, 7) is 4.21. The predicted octanol–water partition coefficient (Wildman–Crippen LogP) is 4.63. The Morgan fingerprint density at radius 1 is 1.06 bits per heavy atom. The summed E-state index contributed by atoms with van der Waals surface area (Å²) in [4.78, 5) is 10.9. The molecular formula is C14H11ClN2S. The molecule has 0 saturated carbocycles. The number of fused-ring (bicyclic) bond motifs is 1. The average Bonchev–Trinajstić information content (AvgIpc) is 2.65. The molecule has 0 radical (unpaired) electrons. The van der Waals surface area contributed by atoms with Gasteiger partial charge < -0.3 is 0 Å². The number of aromatic nitrogens is 2. The van der Waals surface area contributed by atoms with Crippen LogP contribution in [0.3, 0.4) is 0 Å². The largest absolute Gasteiger partial charge is 0.224 e. The minimum Gasteiger partial charge on any atom is -0.217 e. The van der Waals surface area contributed by atoms with Gasteiger partial charge in [0.15, 0.2) is 0 Å².